The molecule has 6 nitrogen and oxygen atoms in total. The Hall–Kier alpha value is -3.80. The van der Waals surface area contributed by atoms with Crippen molar-refractivity contribution in [1.82, 2.24) is 4.90 Å². The second kappa shape index (κ2) is 10.2. The van der Waals surface area contributed by atoms with Crippen LogP contribution in [-0.4, -0.2) is 49.5 Å². The van der Waals surface area contributed by atoms with E-state index in [2.05, 4.69) is 10.2 Å². The van der Waals surface area contributed by atoms with Gasteiger partial charge in [0.1, 0.15) is 5.75 Å². The molecule has 1 fully saturated rings. The average Bonchev–Trinajstić information content (AvgIpc) is 2.84. The molecule has 0 aliphatic carbocycles. The lowest BCUT2D eigenvalue weighted by atomic mass is 10.1. The van der Waals surface area contributed by atoms with E-state index in [1.165, 1.54) is 0 Å². The maximum atomic E-state index is 12.8. The Balaban J connectivity index is 1.26. The Morgan fingerprint density at radius 3 is 2.18 bits per heavy atom. The van der Waals surface area contributed by atoms with Crippen molar-refractivity contribution in [2.45, 2.75) is 13.8 Å². The Labute approximate surface area is 194 Å². The summed E-state index contributed by atoms with van der Waals surface area (Å²) in [5.74, 6) is 0.566. The summed E-state index contributed by atoms with van der Waals surface area (Å²) in [6.45, 7) is 6.84. The molecule has 0 spiro atoms. The molecule has 1 aliphatic rings. The standard InChI is InChI=1S/C27H29N3O3/c1-20-7-13-24(14-8-20)33-19-26(31)28-22-9-11-23(12-10-22)29-15-17-30(18-16-29)27(32)25-6-4-3-5-21(25)2/h3-14H,15-19H2,1-2H3,(H,28,31). The summed E-state index contributed by atoms with van der Waals surface area (Å²) in [6.07, 6.45) is 0. The minimum Gasteiger partial charge on any atom is -0.484 e. The summed E-state index contributed by atoms with van der Waals surface area (Å²) in [5.41, 5.74) is 4.73. The number of carbonyl (C=O) groups is 2. The van der Waals surface area contributed by atoms with E-state index in [0.717, 1.165) is 41.2 Å². The first-order chi connectivity index (χ1) is 16.0. The van der Waals surface area contributed by atoms with Crippen LogP contribution in [0.2, 0.25) is 0 Å². The van der Waals surface area contributed by atoms with Gasteiger partial charge in [0.05, 0.1) is 0 Å². The summed E-state index contributed by atoms with van der Waals surface area (Å²) in [7, 11) is 0. The molecular weight excluding hydrogens is 414 g/mol. The zero-order chi connectivity index (χ0) is 23.2. The minimum atomic E-state index is -0.202. The van der Waals surface area contributed by atoms with Gasteiger partial charge >= 0.3 is 0 Å². The number of amides is 2. The minimum absolute atomic E-state index is 0.0400. The predicted molar refractivity (Wildman–Crippen MR) is 131 cm³/mol. The molecule has 0 saturated carbocycles. The monoisotopic (exact) mass is 443 g/mol. The van der Waals surface area contributed by atoms with Crippen LogP contribution in [0.3, 0.4) is 0 Å². The Morgan fingerprint density at radius 2 is 1.52 bits per heavy atom. The normalized spacial score (nSPS) is 13.5. The van der Waals surface area contributed by atoms with Crippen LogP contribution in [-0.2, 0) is 4.79 Å². The third-order valence-electron chi connectivity index (χ3n) is 5.85. The van der Waals surface area contributed by atoms with Crippen LogP contribution >= 0.6 is 0 Å². The van der Waals surface area contributed by atoms with Crippen molar-refractivity contribution in [2.24, 2.45) is 0 Å². The van der Waals surface area contributed by atoms with E-state index in [1.807, 2.05) is 91.5 Å². The molecule has 6 heteroatoms. The van der Waals surface area contributed by atoms with Crippen molar-refractivity contribution < 1.29 is 14.3 Å². The molecule has 0 aromatic heterocycles. The van der Waals surface area contributed by atoms with Crippen LogP contribution in [0.4, 0.5) is 11.4 Å². The highest BCUT2D eigenvalue weighted by Crippen LogP contribution is 2.21. The number of benzene rings is 3. The Morgan fingerprint density at radius 1 is 0.848 bits per heavy atom. The zero-order valence-electron chi connectivity index (χ0n) is 19.1. The molecule has 0 atom stereocenters. The fourth-order valence-electron chi connectivity index (χ4n) is 3.89. The van der Waals surface area contributed by atoms with Crippen LogP contribution in [0.5, 0.6) is 5.75 Å². The Kier molecular flexibility index (Phi) is 6.93. The van der Waals surface area contributed by atoms with E-state index in [-0.39, 0.29) is 18.4 Å². The molecule has 0 bridgehead atoms. The van der Waals surface area contributed by atoms with E-state index >= 15 is 0 Å². The number of aryl methyl sites for hydroxylation is 2. The number of hydrogen-bond acceptors (Lipinski definition) is 4. The molecule has 1 N–H and O–H groups in total. The van der Waals surface area contributed by atoms with Crippen LogP contribution < -0.4 is 15.0 Å². The summed E-state index contributed by atoms with van der Waals surface area (Å²) in [4.78, 5) is 29.2. The molecular formula is C27H29N3O3. The molecule has 170 valence electrons. The highest BCUT2D eigenvalue weighted by Gasteiger charge is 2.23. The highest BCUT2D eigenvalue weighted by atomic mass is 16.5. The first-order valence-electron chi connectivity index (χ1n) is 11.2. The highest BCUT2D eigenvalue weighted by molar-refractivity contribution is 5.95. The number of hydrogen-bond donors (Lipinski definition) is 1. The van der Waals surface area contributed by atoms with Gasteiger partial charge in [0.15, 0.2) is 6.61 Å². The molecule has 2 amide bonds. The second-order valence-electron chi connectivity index (χ2n) is 8.29. The van der Waals surface area contributed by atoms with Crippen LogP contribution in [0.1, 0.15) is 21.5 Å². The number of nitrogens with one attached hydrogen (secondary N) is 1. The predicted octanol–water partition coefficient (Wildman–Crippen LogP) is 4.28. The lowest BCUT2D eigenvalue weighted by molar-refractivity contribution is -0.118. The largest absolute Gasteiger partial charge is 0.484 e. The number of ether oxygens (including phenoxy) is 1. The van der Waals surface area contributed by atoms with Crippen LogP contribution in [0.15, 0.2) is 72.8 Å². The van der Waals surface area contributed by atoms with Crippen molar-refractivity contribution in [1.29, 1.82) is 0 Å². The van der Waals surface area contributed by atoms with Crippen LogP contribution in [0, 0.1) is 13.8 Å². The number of rotatable bonds is 6. The molecule has 3 aromatic carbocycles. The lowest BCUT2D eigenvalue weighted by Gasteiger charge is -2.36. The zero-order valence-corrected chi connectivity index (χ0v) is 19.1. The molecule has 1 aliphatic heterocycles. The van der Waals surface area contributed by atoms with E-state index in [9.17, 15) is 9.59 Å². The van der Waals surface area contributed by atoms with Gasteiger partial charge in [-0.05, 0) is 61.9 Å². The van der Waals surface area contributed by atoms with E-state index in [0.29, 0.717) is 18.8 Å². The summed E-state index contributed by atoms with van der Waals surface area (Å²) < 4.78 is 5.53. The van der Waals surface area contributed by atoms with Gasteiger partial charge in [0.25, 0.3) is 11.8 Å². The van der Waals surface area contributed by atoms with Crippen molar-refractivity contribution in [2.75, 3.05) is 43.0 Å². The first kappa shape index (κ1) is 22.4. The van der Waals surface area contributed by atoms with E-state index in [4.69, 9.17) is 4.74 Å². The lowest BCUT2D eigenvalue weighted by Crippen LogP contribution is -2.48. The maximum Gasteiger partial charge on any atom is 0.262 e. The Bertz CT molecular complexity index is 1100. The molecule has 1 saturated heterocycles. The van der Waals surface area contributed by atoms with E-state index < -0.39 is 0 Å². The fraction of sp³-hybridized carbons (Fsp3) is 0.259. The third kappa shape index (κ3) is 5.71. The average molecular weight is 444 g/mol. The molecule has 3 aromatic rings. The summed E-state index contributed by atoms with van der Waals surface area (Å²) in [5, 5.41) is 2.86. The molecule has 1 heterocycles. The topological polar surface area (TPSA) is 61.9 Å². The summed E-state index contributed by atoms with van der Waals surface area (Å²) in [6, 6.07) is 23.1. The van der Waals surface area contributed by atoms with Gasteiger partial charge in [0.2, 0.25) is 0 Å². The number of piperazine rings is 1. The second-order valence-corrected chi connectivity index (χ2v) is 8.29. The molecule has 0 unspecified atom stereocenters. The van der Waals surface area contributed by atoms with Gasteiger partial charge in [-0.15, -0.1) is 0 Å². The van der Waals surface area contributed by atoms with Gasteiger partial charge in [-0.3, -0.25) is 9.59 Å². The fourth-order valence-corrected chi connectivity index (χ4v) is 3.89. The number of nitrogens with zero attached hydrogens (tertiary/aromatic N) is 2. The van der Waals surface area contributed by atoms with Gasteiger partial charge in [-0.1, -0.05) is 35.9 Å². The third-order valence-corrected chi connectivity index (χ3v) is 5.85. The smallest absolute Gasteiger partial charge is 0.262 e. The molecule has 0 radical (unpaired) electrons. The van der Waals surface area contributed by atoms with Crippen molar-refractivity contribution >= 4 is 23.2 Å². The van der Waals surface area contributed by atoms with Gasteiger partial charge in [0, 0.05) is 43.1 Å². The summed E-state index contributed by atoms with van der Waals surface area (Å²) >= 11 is 0. The van der Waals surface area contributed by atoms with E-state index in [1.54, 1.807) is 0 Å². The van der Waals surface area contributed by atoms with Gasteiger partial charge < -0.3 is 19.9 Å². The molecule has 33 heavy (non-hydrogen) atoms. The first-order valence-corrected chi connectivity index (χ1v) is 11.2. The molecule has 4 rings (SSSR count). The van der Waals surface area contributed by atoms with Crippen molar-refractivity contribution in [3.8, 4) is 5.75 Å². The quantitative estimate of drug-likeness (QED) is 0.618. The van der Waals surface area contributed by atoms with Crippen molar-refractivity contribution in [3.63, 3.8) is 0 Å². The van der Waals surface area contributed by atoms with Crippen molar-refractivity contribution in [3.05, 3.63) is 89.5 Å². The maximum absolute atomic E-state index is 12.8. The number of anilines is 2. The van der Waals surface area contributed by atoms with Gasteiger partial charge in [-0.25, -0.2) is 0 Å². The SMILES string of the molecule is Cc1ccc(OCC(=O)Nc2ccc(N3CCN(C(=O)c4ccccc4C)CC3)cc2)cc1. The van der Waals surface area contributed by atoms with Crippen LogP contribution in [0.25, 0.3) is 0 Å². The van der Waals surface area contributed by atoms with Gasteiger partial charge in [-0.2, -0.15) is 0 Å². The number of carbonyl (C=O) groups excluding carboxylic acids is 2.